The van der Waals surface area contributed by atoms with Crippen molar-refractivity contribution in [2.24, 2.45) is 0 Å². The number of rotatable bonds is 6. The number of carbonyl (C=O) groups is 2. The molecule has 0 bridgehead atoms. The van der Waals surface area contributed by atoms with E-state index < -0.39 is 11.6 Å². The summed E-state index contributed by atoms with van der Waals surface area (Å²) in [6.07, 6.45) is 0.636. The lowest BCUT2D eigenvalue weighted by molar-refractivity contribution is -0.147. The number of ether oxygens (including phenoxy) is 1. The van der Waals surface area contributed by atoms with Crippen molar-refractivity contribution in [1.82, 2.24) is 10.2 Å². The molecule has 1 fully saturated rings. The number of likely N-dealkylation sites (tertiary alicyclic amines) is 1. The van der Waals surface area contributed by atoms with Crippen molar-refractivity contribution in [2.45, 2.75) is 24.9 Å². The van der Waals surface area contributed by atoms with E-state index in [0.29, 0.717) is 19.6 Å². The van der Waals surface area contributed by atoms with Crippen molar-refractivity contribution in [2.75, 3.05) is 19.7 Å². The second-order valence-electron chi connectivity index (χ2n) is 8.26. The molecule has 0 radical (unpaired) electrons. The molecule has 3 aromatic carbocycles. The molecule has 0 aromatic heterocycles. The van der Waals surface area contributed by atoms with E-state index in [1.165, 1.54) is 11.1 Å². The summed E-state index contributed by atoms with van der Waals surface area (Å²) >= 11 is 0. The Morgan fingerprint density at radius 3 is 2.19 bits per heavy atom. The van der Waals surface area contributed by atoms with Crippen molar-refractivity contribution in [3.05, 3.63) is 95.6 Å². The van der Waals surface area contributed by atoms with Crippen LogP contribution in [0.2, 0.25) is 0 Å². The van der Waals surface area contributed by atoms with Gasteiger partial charge in [-0.05, 0) is 41.2 Å². The number of carbonyl (C=O) groups excluding carboxylic acids is 2. The second-order valence-corrected chi connectivity index (χ2v) is 8.26. The maximum Gasteiger partial charge on any atom is 0.325 e. The van der Waals surface area contributed by atoms with E-state index in [2.05, 4.69) is 53.8 Å². The number of hydrogen-bond donors (Lipinski definition) is 1. The largest absolute Gasteiger partial charge is 0.465 e. The van der Waals surface area contributed by atoms with Gasteiger partial charge in [0.05, 0.1) is 18.2 Å². The summed E-state index contributed by atoms with van der Waals surface area (Å²) in [5, 5.41) is 3.76. The number of amides is 1. The maximum absolute atomic E-state index is 13.3. The van der Waals surface area contributed by atoms with Gasteiger partial charge in [0, 0.05) is 6.54 Å². The lowest BCUT2D eigenvalue weighted by atomic mass is 9.80. The van der Waals surface area contributed by atoms with Gasteiger partial charge in [0.2, 0.25) is 5.91 Å². The van der Waals surface area contributed by atoms with Crippen LogP contribution in [-0.4, -0.2) is 42.5 Å². The molecule has 3 aromatic rings. The quantitative estimate of drug-likeness (QED) is 0.611. The zero-order valence-corrected chi connectivity index (χ0v) is 18.1. The van der Waals surface area contributed by atoms with Crippen LogP contribution in [-0.2, 0) is 19.9 Å². The molecular weight excluding hydrogens is 400 g/mol. The lowest BCUT2D eigenvalue weighted by Gasteiger charge is -2.36. The van der Waals surface area contributed by atoms with E-state index in [-0.39, 0.29) is 18.4 Å². The van der Waals surface area contributed by atoms with Crippen LogP contribution in [0.25, 0.3) is 11.1 Å². The third-order valence-electron chi connectivity index (χ3n) is 6.47. The predicted molar refractivity (Wildman–Crippen MR) is 123 cm³/mol. The van der Waals surface area contributed by atoms with Gasteiger partial charge >= 0.3 is 5.97 Å². The minimum absolute atomic E-state index is 0.00361. The summed E-state index contributed by atoms with van der Waals surface area (Å²) in [4.78, 5) is 26.9. The van der Waals surface area contributed by atoms with Gasteiger partial charge in [-0.15, -0.1) is 0 Å². The van der Waals surface area contributed by atoms with E-state index in [1.54, 1.807) is 11.8 Å². The maximum atomic E-state index is 13.3. The first kappa shape index (κ1) is 20.5. The fraction of sp³-hybridized carbons (Fsp3) is 0.259. The van der Waals surface area contributed by atoms with Crippen molar-refractivity contribution in [3.63, 3.8) is 0 Å². The Morgan fingerprint density at radius 1 is 0.969 bits per heavy atom. The SMILES string of the molecule is CCOC(=O)CN1CC[C@H](NC2(c3ccccc3)c3ccccc3-c3ccccc32)C1=O. The van der Waals surface area contributed by atoms with Crippen molar-refractivity contribution < 1.29 is 14.3 Å². The summed E-state index contributed by atoms with van der Waals surface area (Å²) in [5.74, 6) is -0.425. The summed E-state index contributed by atoms with van der Waals surface area (Å²) in [7, 11) is 0. The molecule has 162 valence electrons. The van der Waals surface area contributed by atoms with Gasteiger partial charge in [0.1, 0.15) is 6.54 Å². The Morgan fingerprint density at radius 2 is 1.56 bits per heavy atom. The Kier molecular flexibility index (Phi) is 5.27. The molecule has 0 spiro atoms. The third kappa shape index (κ3) is 3.21. The van der Waals surface area contributed by atoms with Crippen LogP contribution in [0.4, 0.5) is 0 Å². The first-order valence-electron chi connectivity index (χ1n) is 11.1. The van der Waals surface area contributed by atoms with Crippen LogP contribution >= 0.6 is 0 Å². The fourth-order valence-corrected chi connectivity index (χ4v) is 5.13. The van der Waals surface area contributed by atoms with Gasteiger partial charge in [-0.1, -0.05) is 78.9 Å². The zero-order valence-electron chi connectivity index (χ0n) is 18.1. The van der Waals surface area contributed by atoms with E-state index in [1.807, 2.05) is 30.3 Å². The molecule has 32 heavy (non-hydrogen) atoms. The molecular formula is C27H26N2O3. The lowest BCUT2D eigenvalue weighted by Crippen LogP contribution is -2.51. The van der Waals surface area contributed by atoms with Crippen LogP contribution in [0.3, 0.4) is 0 Å². The molecule has 1 aliphatic carbocycles. The van der Waals surface area contributed by atoms with Gasteiger partial charge in [0.15, 0.2) is 0 Å². The monoisotopic (exact) mass is 426 g/mol. The van der Waals surface area contributed by atoms with Gasteiger partial charge in [-0.3, -0.25) is 14.9 Å². The first-order chi connectivity index (χ1) is 15.6. The first-order valence-corrected chi connectivity index (χ1v) is 11.1. The molecule has 1 N–H and O–H groups in total. The minimum Gasteiger partial charge on any atom is -0.465 e. The molecule has 5 rings (SSSR count). The zero-order chi connectivity index (χ0) is 22.1. The van der Waals surface area contributed by atoms with Gasteiger partial charge in [-0.2, -0.15) is 0 Å². The Labute approximate surface area is 188 Å². The van der Waals surface area contributed by atoms with Crippen LogP contribution < -0.4 is 5.32 Å². The summed E-state index contributed by atoms with van der Waals surface area (Å²) in [6, 6.07) is 26.7. The number of esters is 1. The molecule has 1 heterocycles. The number of benzene rings is 3. The molecule has 1 aliphatic heterocycles. The molecule has 5 nitrogen and oxygen atoms in total. The number of nitrogens with zero attached hydrogens (tertiary/aromatic N) is 1. The molecule has 0 saturated carbocycles. The second kappa shape index (κ2) is 8.24. The smallest absolute Gasteiger partial charge is 0.325 e. The van der Waals surface area contributed by atoms with Crippen LogP contribution in [0.15, 0.2) is 78.9 Å². The standard InChI is InChI=1S/C27H26N2O3/c1-2-32-25(30)18-29-17-16-24(26(29)31)28-27(19-10-4-3-5-11-19)22-14-8-6-12-20(22)21-13-7-9-15-23(21)27/h3-15,24,28H,2,16-18H2,1H3/t24-/m0/s1. The molecule has 5 heteroatoms. The Balaban J connectivity index is 1.58. The van der Waals surface area contributed by atoms with Crippen molar-refractivity contribution in [3.8, 4) is 11.1 Å². The summed E-state index contributed by atoms with van der Waals surface area (Å²) < 4.78 is 5.05. The van der Waals surface area contributed by atoms with Gasteiger partial charge < -0.3 is 9.64 Å². The van der Waals surface area contributed by atoms with Crippen molar-refractivity contribution in [1.29, 1.82) is 0 Å². The highest BCUT2D eigenvalue weighted by atomic mass is 16.5. The molecule has 0 unspecified atom stereocenters. The normalized spacial score (nSPS) is 18.3. The Hall–Kier alpha value is -3.44. The highest BCUT2D eigenvalue weighted by Gasteiger charge is 2.48. The van der Waals surface area contributed by atoms with Crippen LogP contribution in [0.1, 0.15) is 30.0 Å². The van der Waals surface area contributed by atoms with Crippen LogP contribution in [0.5, 0.6) is 0 Å². The van der Waals surface area contributed by atoms with Gasteiger partial charge in [-0.25, -0.2) is 0 Å². The molecule has 2 aliphatic rings. The average molecular weight is 427 g/mol. The van der Waals surface area contributed by atoms with Gasteiger partial charge in [0.25, 0.3) is 0 Å². The molecule has 1 saturated heterocycles. The fourth-order valence-electron chi connectivity index (χ4n) is 5.13. The van der Waals surface area contributed by atoms with E-state index >= 15 is 0 Å². The van der Waals surface area contributed by atoms with E-state index in [4.69, 9.17) is 4.74 Å². The van der Waals surface area contributed by atoms with Crippen molar-refractivity contribution >= 4 is 11.9 Å². The number of fused-ring (bicyclic) bond motifs is 3. The Bertz CT molecular complexity index is 1110. The summed E-state index contributed by atoms with van der Waals surface area (Å²) in [5.41, 5.74) is 5.08. The van der Waals surface area contributed by atoms with E-state index in [0.717, 1.165) is 16.7 Å². The summed E-state index contributed by atoms with van der Waals surface area (Å²) in [6.45, 7) is 2.61. The minimum atomic E-state index is -0.644. The topological polar surface area (TPSA) is 58.6 Å². The molecule has 1 atom stereocenters. The van der Waals surface area contributed by atoms with Crippen LogP contribution in [0, 0.1) is 0 Å². The number of nitrogens with one attached hydrogen (secondary N) is 1. The number of hydrogen-bond acceptors (Lipinski definition) is 4. The third-order valence-corrected chi connectivity index (χ3v) is 6.47. The van der Waals surface area contributed by atoms with E-state index in [9.17, 15) is 9.59 Å². The highest BCUT2D eigenvalue weighted by molar-refractivity contribution is 5.89. The predicted octanol–water partition coefficient (Wildman–Crippen LogP) is 3.71. The highest BCUT2D eigenvalue weighted by Crippen LogP contribution is 2.51. The average Bonchev–Trinajstić information content (AvgIpc) is 3.31. The molecule has 1 amide bonds.